The van der Waals surface area contributed by atoms with Gasteiger partial charge in [-0.05, 0) is 38.1 Å². The van der Waals surface area contributed by atoms with Crippen LogP contribution in [-0.2, 0) is 14.8 Å². The van der Waals surface area contributed by atoms with Crippen molar-refractivity contribution in [1.82, 2.24) is 10.0 Å². The van der Waals surface area contributed by atoms with Crippen LogP contribution >= 0.6 is 0 Å². The molecule has 0 aliphatic rings. The van der Waals surface area contributed by atoms with Crippen LogP contribution in [-0.4, -0.2) is 40.0 Å². The number of nitrogens with zero attached hydrogens (tertiary/aromatic N) is 1. The minimum atomic E-state index is -3.72. The maximum absolute atomic E-state index is 12.3. The summed E-state index contributed by atoms with van der Waals surface area (Å²) in [7, 11) is -1.77. The highest BCUT2D eigenvalue weighted by atomic mass is 32.2. The Balaban J connectivity index is 1.89. The summed E-state index contributed by atoms with van der Waals surface area (Å²) in [6.07, 6.45) is 0. The summed E-state index contributed by atoms with van der Waals surface area (Å²) < 4.78 is 27.0. The van der Waals surface area contributed by atoms with Gasteiger partial charge < -0.3 is 10.2 Å². The molecule has 7 heteroatoms. The lowest BCUT2D eigenvalue weighted by Gasteiger charge is -2.27. The van der Waals surface area contributed by atoms with E-state index in [1.54, 1.807) is 18.2 Å². The zero-order valence-electron chi connectivity index (χ0n) is 15.2. The number of anilines is 1. The summed E-state index contributed by atoms with van der Waals surface area (Å²) in [5.41, 5.74) is 1.05. The van der Waals surface area contributed by atoms with Crippen molar-refractivity contribution in [2.24, 2.45) is 0 Å². The highest BCUT2D eigenvalue weighted by molar-refractivity contribution is 7.89. The second-order valence-corrected chi connectivity index (χ2v) is 7.91. The lowest BCUT2D eigenvalue weighted by Crippen LogP contribution is -2.48. The quantitative estimate of drug-likeness (QED) is 0.740. The predicted octanol–water partition coefficient (Wildman–Crippen LogP) is 1.99. The molecular weight excluding hydrogens is 350 g/mol. The summed E-state index contributed by atoms with van der Waals surface area (Å²) in [5, 5.41) is 2.80. The van der Waals surface area contributed by atoms with Gasteiger partial charge in [-0.3, -0.25) is 4.79 Å². The van der Waals surface area contributed by atoms with Gasteiger partial charge in [0.1, 0.15) is 0 Å². The van der Waals surface area contributed by atoms with Crippen molar-refractivity contribution in [3.63, 3.8) is 0 Å². The molecule has 2 rings (SSSR count). The zero-order valence-corrected chi connectivity index (χ0v) is 16.0. The van der Waals surface area contributed by atoms with E-state index >= 15 is 0 Å². The number of hydrogen-bond acceptors (Lipinski definition) is 4. The average molecular weight is 375 g/mol. The topological polar surface area (TPSA) is 78.5 Å². The number of likely N-dealkylation sites (N-methyl/N-ethyl adjacent to an activating group) is 1. The molecule has 6 nitrogen and oxygen atoms in total. The molecular formula is C19H25N3O3S. The Bertz CT molecular complexity index is 810. The van der Waals surface area contributed by atoms with Crippen molar-refractivity contribution in [1.29, 1.82) is 0 Å². The van der Waals surface area contributed by atoms with Gasteiger partial charge in [-0.25, -0.2) is 8.42 Å². The molecule has 0 saturated heterocycles. The minimum absolute atomic E-state index is 0.0549. The average Bonchev–Trinajstić information content (AvgIpc) is 2.66. The molecule has 1 amide bonds. The second kappa shape index (κ2) is 8.82. The van der Waals surface area contributed by atoms with Crippen molar-refractivity contribution >= 4 is 21.6 Å². The fraction of sp³-hybridized carbons (Fsp3) is 0.316. The molecule has 140 valence electrons. The Kier molecular flexibility index (Phi) is 6.76. The smallest absolute Gasteiger partial charge is 0.241 e. The van der Waals surface area contributed by atoms with Crippen molar-refractivity contribution in [2.45, 2.75) is 30.8 Å². The van der Waals surface area contributed by atoms with Gasteiger partial charge in [-0.15, -0.1) is 0 Å². The molecule has 1 unspecified atom stereocenters. The molecule has 2 atom stereocenters. The van der Waals surface area contributed by atoms with E-state index in [0.29, 0.717) is 6.54 Å². The summed E-state index contributed by atoms with van der Waals surface area (Å²) in [5.74, 6) is -0.363. The summed E-state index contributed by atoms with van der Waals surface area (Å²) in [6.45, 7) is 3.93. The van der Waals surface area contributed by atoms with E-state index in [0.717, 1.165) is 5.69 Å². The second-order valence-electron chi connectivity index (χ2n) is 6.20. The number of hydrogen-bond donors (Lipinski definition) is 2. The van der Waals surface area contributed by atoms with Crippen LogP contribution in [0.1, 0.15) is 13.8 Å². The van der Waals surface area contributed by atoms with Crippen LogP contribution in [0.3, 0.4) is 0 Å². The molecule has 0 radical (unpaired) electrons. The molecule has 0 bridgehead atoms. The van der Waals surface area contributed by atoms with Gasteiger partial charge in [0.05, 0.1) is 10.9 Å². The molecule has 2 N–H and O–H groups in total. The summed E-state index contributed by atoms with van der Waals surface area (Å²) in [6, 6.07) is 17.0. The zero-order chi connectivity index (χ0) is 19.2. The lowest BCUT2D eigenvalue weighted by molar-refractivity contribution is -0.122. The lowest BCUT2D eigenvalue weighted by atomic mass is 10.2. The van der Waals surface area contributed by atoms with E-state index in [1.165, 1.54) is 19.1 Å². The summed E-state index contributed by atoms with van der Waals surface area (Å²) in [4.78, 5) is 14.4. The molecule has 0 aromatic heterocycles. The van der Waals surface area contributed by atoms with E-state index in [1.807, 2.05) is 44.3 Å². The Morgan fingerprint density at radius 1 is 1.00 bits per heavy atom. The monoisotopic (exact) mass is 375 g/mol. The number of para-hydroxylation sites is 1. The Labute approximate surface area is 155 Å². The fourth-order valence-corrected chi connectivity index (χ4v) is 3.63. The van der Waals surface area contributed by atoms with Crippen molar-refractivity contribution in [3.8, 4) is 0 Å². The largest absolute Gasteiger partial charge is 0.370 e. The van der Waals surface area contributed by atoms with Crippen molar-refractivity contribution in [3.05, 3.63) is 60.7 Å². The van der Waals surface area contributed by atoms with Crippen LogP contribution in [0.15, 0.2) is 65.6 Å². The number of sulfonamides is 1. The third-order valence-electron chi connectivity index (χ3n) is 4.18. The molecule has 0 fully saturated rings. The Morgan fingerprint density at radius 3 is 2.12 bits per heavy atom. The third-order valence-corrected chi connectivity index (χ3v) is 5.73. The highest BCUT2D eigenvalue weighted by Gasteiger charge is 2.22. The first kappa shape index (κ1) is 19.9. The highest BCUT2D eigenvalue weighted by Crippen LogP contribution is 2.13. The van der Waals surface area contributed by atoms with E-state index < -0.39 is 16.1 Å². The molecule has 26 heavy (non-hydrogen) atoms. The van der Waals surface area contributed by atoms with Crippen LogP contribution in [0.2, 0.25) is 0 Å². The van der Waals surface area contributed by atoms with Gasteiger partial charge in [-0.2, -0.15) is 4.72 Å². The van der Waals surface area contributed by atoms with Crippen LogP contribution < -0.4 is 14.9 Å². The number of rotatable bonds is 8. The fourth-order valence-electron chi connectivity index (χ4n) is 2.41. The van der Waals surface area contributed by atoms with Crippen LogP contribution in [0.4, 0.5) is 5.69 Å². The number of nitrogens with one attached hydrogen (secondary N) is 2. The standard InChI is InChI=1S/C19H25N3O3S/c1-15(22(3)17-10-6-4-7-11-17)14-20-19(23)16(2)21-26(24,25)18-12-8-5-9-13-18/h4-13,15-16,21H,14H2,1-3H3,(H,20,23)/t15?,16-/m0/s1. The van der Waals surface area contributed by atoms with Crippen LogP contribution in [0.5, 0.6) is 0 Å². The van der Waals surface area contributed by atoms with Gasteiger partial charge in [0.15, 0.2) is 0 Å². The Hall–Kier alpha value is -2.38. The first-order chi connectivity index (χ1) is 12.3. The molecule has 0 aliphatic carbocycles. The van der Waals surface area contributed by atoms with E-state index in [-0.39, 0.29) is 16.8 Å². The van der Waals surface area contributed by atoms with Gasteiger partial charge in [0.25, 0.3) is 0 Å². The Morgan fingerprint density at radius 2 is 1.54 bits per heavy atom. The van der Waals surface area contributed by atoms with Gasteiger partial charge in [-0.1, -0.05) is 36.4 Å². The predicted molar refractivity (Wildman–Crippen MR) is 104 cm³/mol. The normalized spacial score (nSPS) is 13.7. The first-order valence-electron chi connectivity index (χ1n) is 8.44. The van der Waals surface area contributed by atoms with Crippen molar-refractivity contribution < 1.29 is 13.2 Å². The third kappa shape index (κ3) is 5.31. The number of carbonyl (C=O) groups excluding carboxylic acids is 1. The number of amides is 1. The van der Waals surface area contributed by atoms with E-state index in [9.17, 15) is 13.2 Å². The molecule has 0 aliphatic heterocycles. The maximum Gasteiger partial charge on any atom is 0.241 e. The molecule has 0 saturated carbocycles. The molecule has 2 aromatic rings. The van der Waals surface area contributed by atoms with Crippen molar-refractivity contribution in [2.75, 3.05) is 18.5 Å². The molecule has 0 spiro atoms. The van der Waals surface area contributed by atoms with Gasteiger partial charge >= 0.3 is 0 Å². The van der Waals surface area contributed by atoms with Gasteiger partial charge in [0.2, 0.25) is 15.9 Å². The van der Waals surface area contributed by atoms with Gasteiger partial charge in [0, 0.05) is 25.3 Å². The number of benzene rings is 2. The first-order valence-corrected chi connectivity index (χ1v) is 9.92. The molecule has 0 heterocycles. The van der Waals surface area contributed by atoms with Crippen LogP contribution in [0.25, 0.3) is 0 Å². The minimum Gasteiger partial charge on any atom is -0.370 e. The number of carbonyl (C=O) groups is 1. The maximum atomic E-state index is 12.3. The van der Waals surface area contributed by atoms with Crippen LogP contribution in [0, 0.1) is 0 Å². The van der Waals surface area contributed by atoms with E-state index in [4.69, 9.17) is 0 Å². The summed E-state index contributed by atoms with van der Waals surface area (Å²) >= 11 is 0. The molecule has 2 aromatic carbocycles. The SMILES string of the molecule is CC(CNC(=O)[C@H](C)NS(=O)(=O)c1ccccc1)N(C)c1ccccc1. The van der Waals surface area contributed by atoms with E-state index in [2.05, 4.69) is 14.9 Å².